The topological polar surface area (TPSA) is 83.1 Å². The first-order valence-electron chi connectivity index (χ1n) is 10.7. The fourth-order valence-electron chi connectivity index (χ4n) is 4.74. The second-order valence-electron chi connectivity index (χ2n) is 11.0. The van der Waals surface area contributed by atoms with Crippen LogP contribution >= 0.6 is 0 Å². The first-order chi connectivity index (χ1) is 13.4. The Labute approximate surface area is 197 Å². The molecule has 0 aromatic carbocycles. The summed E-state index contributed by atoms with van der Waals surface area (Å²) in [6.07, 6.45) is 0. The van der Waals surface area contributed by atoms with Gasteiger partial charge < -0.3 is 37.0 Å². The zero-order valence-corrected chi connectivity index (χ0v) is 29.7. The van der Waals surface area contributed by atoms with E-state index in [1.165, 1.54) is 0 Å². The zero-order valence-electron chi connectivity index (χ0n) is 21.7. The Balaban J connectivity index is 2.41. The van der Waals surface area contributed by atoms with E-state index in [2.05, 4.69) is 0 Å². The molecule has 2 fully saturated rings. The van der Waals surface area contributed by atoms with E-state index in [4.69, 9.17) is 37.0 Å². The van der Waals surface area contributed by atoms with Crippen molar-refractivity contribution >= 4 is 69.0 Å². The van der Waals surface area contributed by atoms with Crippen molar-refractivity contribution in [3.05, 3.63) is 0 Å². The predicted octanol–water partition coefficient (Wildman–Crippen LogP) is 4.51. The fraction of sp³-hybridized carbons (Fsp3) is 1.00. The molecular formula is C14H42O9Si8. The Morgan fingerprint density at radius 2 is 0.452 bits per heavy atom. The van der Waals surface area contributed by atoms with Gasteiger partial charge in [-0.05, 0) is 78.6 Å². The maximum atomic E-state index is 6.70. The van der Waals surface area contributed by atoms with Gasteiger partial charge in [-0.25, -0.2) is 0 Å². The van der Waals surface area contributed by atoms with E-state index in [1.807, 2.05) is 91.7 Å². The molecule has 0 aromatic rings. The normalized spacial score (nSPS) is 32.7. The lowest BCUT2D eigenvalue weighted by Gasteiger charge is -2.51. The van der Waals surface area contributed by atoms with E-state index in [9.17, 15) is 0 Å². The van der Waals surface area contributed by atoms with Crippen LogP contribution in [0.4, 0.5) is 0 Å². The summed E-state index contributed by atoms with van der Waals surface area (Å²) in [5, 5.41) is 0. The van der Waals surface area contributed by atoms with Gasteiger partial charge in [0.05, 0.1) is 0 Å². The second-order valence-corrected chi connectivity index (χ2v) is 38.6. The van der Waals surface area contributed by atoms with Crippen molar-refractivity contribution in [2.24, 2.45) is 0 Å². The van der Waals surface area contributed by atoms with Gasteiger partial charge in [-0.2, -0.15) is 0 Å². The summed E-state index contributed by atoms with van der Waals surface area (Å²) in [6, 6.07) is 0. The van der Waals surface area contributed by atoms with Crippen LogP contribution in [0.15, 0.2) is 0 Å². The maximum Gasteiger partial charge on any atom is 0.472 e. The van der Waals surface area contributed by atoms with E-state index in [0.29, 0.717) is 0 Å². The van der Waals surface area contributed by atoms with Crippen LogP contribution in [-0.2, 0) is 37.0 Å². The minimum absolute atomic E-state index is 1.90. The monoisotopic (exact) mass is 578 g/mol. The van der Waals surface area contributed by atoms with Crippen molar-refractivity contribution in [3.63, 3.8) is 0 Å². The Morgan fingerprint density at radius 3 is 0.645 bits per heavy atom. The van der Waals surface area contributed by atoms with Crippen LogP contribution in [0.2, 0.25) is 91.7 Å². The van der Waals surface area contributed by atoms with Gasteiger partial charge in [-0.1, -0.05) is 0 Å². The molecule has 0 saturated carbocycles. The second kappa shape index (κ2) is 8.50. The van der Waals surface area contributed by atoms with E-state index in [1.54, 1.807) is 0 Å². The standard InChI is InChI=1S/C14H42O9Si8/c1-24(2)15-26(5,6)19-30(13,20-27(7,8)16-24)23-31(14)21-28(9,10)17-25(3,4)18-29(11,12)22-31/h1-14H3. The van der Waals surface area contributed by atoms with Crippen LogP contribution in [0.5, 0.6) is 0 Å². The highest BCUT2D eigenvalue weighted by Crippen LogP contribution is 2.36. The minimum Gasteiger partial charge on any atom is -0.416 e. The molecule has 2 heterocycles. The molecule has 0 aliphatic carbocycles. The third kappa shape index (κ3) is 8.83. The van der Waals surface area contributed by atoms with Gasteiger partial charge in [0.1, 0.15) is 0 Å². The van der Waals surface area contributed by atoms with Crippen LogP contribution in [0, 0.1) is 0 Å². The molecule has 0 N–H and O–H groups in total. The maximum absolute atomic E-state index is 6.70. The molecule has 0 amide bonds. The van der Waals surface area contributed by atoms with Gasteiger partial charge in [-0.15, -0.1) is 0 Å². The lowest BCUT2D eigenvalue weighted by molar-refractivity contribution is 0.129. The average molecular weight is 579 g/mol. The van der Waals surface area contributed by atoms with Crippen molar-refractivity contribution in [2.75, 3.05) is 0 Å². The molecule has 0 spiro atoms. The van der Waals surface area contributed by atoms with Crippen molar-refractivity contribution in [1.82, 2.24) is 0 Å². The Kier molecular flexibility index (Phi) is 7.84. The summed E-state index contributed by atoms with van der Waals surface area (Å²) in [7, 11) is -21.7. The van der Waals surface area contributed by atoms with Crippen LogP contribution in [0.1, 0.15) is 0 Å². The Hall–Kier alpha value is 1.38. The number of hydrogen-bond acceptors (Lipinski definition) is 9. The molecule has 0 unspecified atom stereocenters. The zero-order chi connectivity index (χ0) is 24.4. The SMILES string of the molecule is C[Si]1(C)O[Si](C)(C)O[Si](C)(O[Si]2(C)O[Si](C)(C)O[Si](C)(C)O[Si](C)(C)O2)O[Si](C)(C)O1. The van der Waals surface area contributed by atoms with Gasteiger partial charge in [0.15, 0.2) is 0 Å². The summed E-state index contributed by atoms with van der Waals surface area (Å²) in [5.74, 6) is 0. The first-order valence-corrected chi connectivity index (χ1v) is 32.0. The molecule has 184 valence electrons. The highest BCUT2D eigenvalue weighted by molar-refractivity contribution is 6.96. The van der Waals surface area contributed by atoms with Crippen LogP contribution < -0.4 is 0 Å². The van der Waals surface area contributed by atoms with Gasteiger partial charge in [0, 0.05) is 13.1 Å². The van der Waals surface area contributed by atoms with Gasteiger partial charge >= 0.3 is 69.0 Å². The van der Waals surface area contributed by atoms with Gasteiger partial charge in [0.25, 0.3) is 0 Å². The molecule has 31 heavy (non-hydrogen) atoms. The molecule has 2 aliphatic heterocycles. The molecule has 2 aliphatic rings. The summed E-state index contributed by atoms with van der Waals surface area (Å²) < 4.78 is 58.7. The molecule has 2 saturated heterocycles. The van der Waals surface area contributed by atoms with Crippen LogP contribution in [0.25, 0.3) is 0 Å². The Bertz CT molecular complexity index is 585. The average Bonchev–Trinajstić information content (AvgIpc) is 2.21. The summed E-state index contributed by atoms with van der Waals surface area (Å²) in [4.78, 5) is 0. The van der Waals surface area contributed by atoms with E-state index in [-0.39, 0.29) is 0 Å². The van der Waals surface area contributed by atoms with E-state index < -0.39 is 69.0 Å². The molecule has 0 bridgehead atoms. The molecule has 2 rings (SSSR count). The molecule has 17 heteroatoms. The number of rotatable bonds is 2. The highest BCUT2D eigenvalue weighted by Gasteiger charge is 2.61. The molecule has 9 nitrogen and oxygen atoms in total. The molecule has 0 radical (unpaired) electrons. The van der Waals surface area contributed by atoms with Gasteiger partial charge in [-0.3, -0.25) is 0 Å². The van der Waals surface area contributed by atoms with Gasteiger partial charge in [0.2, 0.25) is 0 Å². The van der Waals surface area contributed by atoms with Crippen molar-refractivity contribution in [2.45, 2.75) is 91.7 Å². The molecule has 0 atom stereocenters. The molecular weight excluding hydrogens is 537 g/mol. The highest BCUT2D eigenvalue weighted by atomic mass is 28.6. The van der Waals surface area contributed by atoms with Crippen LogP contribution in [-0.4, -0.2) is 69.0 Å². The van der Waals surface area contributed by atoms with E-state index >= 15 is 0 Å². The summed E-state index contributed by atoms with van der Waals surface area (Å²) in [5.41, 5.74) is 0. The molecule has 0 aromatic heterocycles. The lowest BCUT2D eigenvalue weighted by Crippen LogP contribution is -2.72. The Morgan fingerprint density at radius 1 is 0.290 bits per heavy atom. The summed E-state index contributed by atoms with van der Waals surface area (Å²) >= 11 is 0. The quantitative estimate of drug-likeness (QED) is 0.439. The van der Waals surface area contributed by atoms with E-state index in [0.717, 1.165) is 0 Å². The van der Waals surface area contributed by atoms with Crippen molar-refractivity contribution in [3.8, 4) is 0 Å². The number of hydrogen-bond donors (Lipinski definition) is 0. The van der Waals surface area contributed by atoms with Crippen LogP contribution in [0.3, 0.4) is 0 Å². The third-order valence-electron chi connectivity index (χ3n) is 4.06. The third-order valence-corrected chi connectivity index (χ3v) is 36.6. The lowest BCUT2D eigenvalue weighted by atomic mass is 11.9. The minimum atomic E-state index is -3.26. The fourth-order valence-corrected chi connectivity index (χ4v) is 47.2. The smallest absolute Gasteiger partial charge is 0.416 e. The van der Waals surface area contributed by atoms with Crippen molar-refractivity contribution in [1.29, 1.82) is 0 Å². The first kappa shape index (κ1) is 28.6. The summed E-state index contributed by atoms with van der Waals surface area (Å²) in [6.45, 7) is 28.0. The van der Waals surface area contributed by atoms with Crippen molar-refractivity contribution < 1.29 is 37.0 Å². The largest absolute Gasteiger partial charge is 0.472 e. The predicted molar refractivity (Wildman–Crippen MR) is 138 cm³/mol.